The van der Waals surface area contributed by atoms with E-state index in [4.69, 9.17) is 5.73 Å². The lowest BCUT2D eigenvalue weighted by Crippen LogP contribution is -2.08. The van der Waals surface area contributed by atoms with Crippen molar-refractivity contribution in [1.82, 2.24) is 4.57 Å². The van der Waals surface area contributed by atoms with Crippen LogP contribution < -0.4 is 5.73 Å². The smallest absolute Gasteiger partial charge is 0.188 e. The summed E-state index contributed by atoms with van der Waals surface area (Å²) in [6.45, 7) is 4.28. The number of aromatic nitrogens is 1. The molecule has 2 N–H and O–H groups in total. The highest BCUT2D eigenvalue weighted by atomic mass is 32.2. The number of nitrogens with two attached hydrogens (primary N) is 1. The largest absolute Gasteiger partial charge is 0.324 e. The minimum Gasteiger partial charge on any atom is -0.324 e. The summed E-state index contributed by atoms with van der Waals surface area (Å²) in [5.41, 5.74) is 12.2. The number of carbonyl (C=O) groups is 1. The van der Waals surface area contributed by atoms with E-state index in [1.54, 1.807) is 0 Å². The van der Waals surface area contributed by atoms with Gasteiger partial charge in [-0.15, -0.1) is 0 Å². The number of aryl methyl sites for hydroxylation is 1. The van der Waals surface area contributed by atoms with Gasteiger partial charge in [0.15, 0.2) is 5.12 Å². The van der Waals surface area contributed by atoms with Crippen molar-refractivity contribution in [2.75, 3.05) is 5.75 Å². The van der Waals surface area contributed by atoms with Crippen LogP contribution in [-0.4, -0.2) is 15.4 Å². The van der Waals surface area contributed by atoms with Crippen LogP contribution in [0, 0.1) is 0 Å². The molecule has 0 saturated carbocycles. The van der Waals surface area contributed by atoms with Gasteiger partial charge in [-0.3, -0.25) is 4.79 Å². The van der Waals surface area contributed by atoms with Gasteiger partial charge in [0.2, 0.25) is 0 Å². The molecule has 0 aliphatic carbocycles. The van der Waals surface area contributed by atoms with Crippen LogP contribution in [0.3, 0.4) is 0 Å². The highest BCUT2D eigenvalue weighted by Crippen LogP contribution is 2.33. The van der Waals surface area contributed by atoms with Crippen molar-refractivity contribution in [2.24, 2.45) is 5.73 Å². The van der Waals surface area contributed by atoms with E-state index in [1.165, 1.54) is 44.7 Å². The van der Waals surface area contributed by atoms with E-state index in [0.29, 0.717) is 11.5 Å². The first-order valence-corrected chi connectivity index (χ1v) is 13.1. The van der Waals surface area contributed by atoms with Crippen molar-refractivity contribution in [3.05, 3.63) is 77.9 Å². The zero-order valence-corrected chi connectivity index (χ0v) is 20.5. The zero-order chi connectivity index (χ0) is 23.2. The Balaban J connectivity index is 1.60. The molecule has 0 bridgehead atoms. The molecule has 33 heavy (non-hydrogen) atoms. The predicted molar refractivity (Wildman–Crippen MR) is 143 cm³/mol. The Bertz CT molecular complexity index is 1230. The maximum atomic E-state index is 12.1. The Morgan fingerprint density at radius 1 is 0.939 bits per heavy atom. The van der Waals surface area contributed by atoms with Gasteiger partial charge in [0.1, 0.15) is 0 Å². The molecule has 1 aromatic heterocycles. The fourth-order valence-electron chi connectivity index (χ4n) is 4.43. The van der Waals surface area contributed by atoms with Crippen LogP contribution in [0.1, 0.15) is 63.1 Å². The van der Waals surface area contributed by atoms with Crippen molar-refractivity contribution in [3.8, 4) is 5.69 Å². The molecule has 0 amide bonds. The van der Waals surface area contributed by atoms with Crippen LogP contribution in [0.25, 0.3) is 27.5 Å². The van der Waals surface area contributed by atoms with Crippen LogP contribution in [0.2, 0.25) is 0 Å². The van der Waals surface area contributed by atoms with E-state index >= 15 is 0 Å². The molecule has 1 atom stereocenters. The number of nitrogens with zero attached hydrogens (tertiary/aromatic N) is 1. The molecule has 3 aromatic carbocycles. The van der Waals surface area contributed by atoms with Crippen LogP contribution in [0.15, 0.2) is 66.7 Å². The van der Waals surface area contributed by atoms with Gasteiger partial charge in [-0.1, -0.05) is 74.8 Å². The van der Waals surface area contributed by atoms with Crippen molar-refractivity contribution in [3.63, 3.8) is 0 Å². The lowest BCUT2D eigenvalue weighted by atomic mass is 10.1. The lowest BCUT2D eigenvalue weighted by Gasteiger charge is -2.12. The van der Waals surface area contributed by atoms with Crippen LogP contribution in [0.5, 0.6) is 0 Å². The monoisotopic (exact) mass is 458 g/mol. The molecule has 0 saturated heterocycles. The van der Waals surface area contributed by atoms with Crippen LogP contribution in [0.4, 0.5) is 0 Å². The second kappa shape index (κ2) is 11.0. The van der Waals surface area contributed by atoms with Gasteiger partial charge in [0, 0.05) is 34.7 Å². The van der Waals surface area contributed by atoms with Crippen molar-refractivity contribution >= 4 is 38.7 Å². The molecule has 0 aliphatic rings. The molecular formula is C29H34N2OS. The standard InChI is InChI=1S/C29H34N2OS/c1-3-5-6-11-29(32)33-19-18-21-12-17-28-25(20-21)24-9-7-8-10-27(24)31(28)23-15-13-22(14-16-23)26(30)4-2/h7-10,12-17,20,26H,3-6,11,18-19,30H2,1-2H3. The topological polar surface area (TPSA) is 48.0 Å². The van der Waals surface area contributed by atoms with E-state index in [-0.39, 0.29) is 6.04 Å². The number of benzene rings is 3. The summed E-state index contributed by atoms with van der Waals surface area (Å²) in [7, 11) is 0. The highest BCUT2D eigenvalue weighted by Gasteiger charge is 2.13. The Hall–Kier alpha value is -2.56. The fourth-order valence-corrected chi connectivity index (χ4v) is 5.29. The first kappa shape index (κ1) is 23.6. The molecule has 0 radical (unpaired) electrons. The van der Waals surface area contributed by atoms with Gasteiger partial charge in [-0.25, -0.2) is 0 Å². The Morgan fingerprint density at radius 3 is 2.45 bits per heavy atom. The summed E-state index contributed by atoms with van der Waals surface area (Å²) in [4.78, 5) is 12.1. The number of rotatable bonds is 10. The van der Waals surface area contributed by atoms with Gasteiger partial charge >= 0.3 is 0 Å². The Morgan fingerprint density at radius 2 is 1.70 bits per heavy atom. The van der Waals surface area contributed by atoms with Gasteiger partial charge in [0.25, 0.3) is 0 Å². The third kappa shape index (κ3) is 5.34. The van der Waals surface area contributed by atoms with E-state index in [1.807, 2.05) is 0 Å². The van der Waals surface area contributed by atoms with Crippen molar-refractivity contribution in [1.29, 1.82) is 0 Å². The first-order chi connectivity index (χ1) is 16.1. The van der Waals surface area contributed by atoms with Crippen molar-refractivity contribution in [2.45, 2.75) is 58.4 Å². The van der Waals surface area contributed by atoms with Gasteiger partial charge < -0.3 is 10.3 Å². The molecule has 0 aliphatic heterocycles. The molecule has 0 spiro atoms. The molecule has 0 fully saturated rings. The second-order valence-corrected chi connectivity index (χ2v) is 9.89. The zero-order valence-electron chi connectivity index (χ0n) is 19.7. The molecular weight excluding hydrogens is 424 g/mol. The van der Waals surface area contributed by atoms with Crippen molar-refractivity contribution < 1.29 is 4.79 Å². The van der Waals surface area contributed by atoms with Crippen LogP contribution in [-0.2, 0) is 11.2 Å². The molecule has 172 valence electrons. The molecule has 3 nitrogen and oxygen atoms in total. The quantitative estimate of drug-likeness (QED) is 0.249. The first-order valence-electron chi connectivity index (χ1n) is 12.2. The highest BCUT2D eigenvalue weighted by molar-refractivity contribution is 8.13. The average Bonchev–Trinajstić information content (AvgIpc) is 3.17. The molecule has 4 rings (SSSR count). The summed E-state index contributed by atoms with van der Waals surface area (Å²) in [6.07, 6.45) is 5.85. The van der Waals surface area contributed by atoms with Gasteiger partial charge in [-0.2, -0.15) is 0 Å². The van der Waals surface area contributed by atoms with Crippen LogP contribution >= 0.6 is 11.8 Å². The number of fused-ring (bicyclic) bond motifs is 3. The number of carbonyl (C=O) groups excluding carboxylic acids is 1. The number of hydrogen-bond donors (Lipinski definition) is 1. The van der Waals surface area contributed by atoms with E-state index in [0.717, 1.165) is 43.5 Å². The summed E-state index contributed by atoms with van der Waals surface area (Å²) in [5.74, 6) is 0.842. The summed E-state index contributed by atoms with van der Waals surface area (Å²) < 4.78 is 2.34. The normalized spacial score (nSPS) is 12.5. The SMILES string of the molecule is CCCCCC(=O)SCCc1ccc2c(c1)c1ccccc1n2-c1ccc(C(N)CC)cc1. The number of para-hydroxylation sites is 1. The summed E-state index contributed by atoms with van der Waals surface area (Å²) in [6, 6.07) is 24.0. The number of thioether (sulfide) groups is 1. The van der Waals surface area contributed by atoms with Gasteiger partial charge in [0.05, 0.1) is 11.0 Å². The summed E-state index contributed by atoms with van der Waals surface area (Å²) in [5, 5.41) is 2.84. The third-order valence-electron chi connectivity index (χ3n) is 6.39. The summed E-state index contributed by atoms with van der Waals surface area (Å²) >= 11 is 1.48. The lowest BCUT2D eigenvalue weighted by molar-refractivity contribution is -0.111. The minimum absolute atomic E-state index is 0.0798. The minimum atomic E-state index is 0.0798. The third-order valence-corrected chi connectivity index (χ3v) is 7.33. The molecule has 1 heterocycles. The molecule has 4 heteroatoms. The average molecular weight is 459 g/mol. The molecule has 1 unspecified atom stereocenters. The van der Waals surface area contributed by atoms with E-state index in [2.05, 4.69) is 85.1 Å². The number of unbranched alkanes of at least 4 members (excludes halogenated alkanes) is 2. The fraction of sp³-hybridized carbons (Fsp3) is 0.345. The second-order valence-electron chi connectivity index (χ2n) is 8.74. The maximum Gasteiger partial charge on any atom is 0.188 e. The maximum absolute atomic E-state index is 12.1. The Kier molecular flexibility index (Phi) is 7.89. The van der Waals surface area contributed by atoms with Gasteiger partial charge in [-0.05, 0) is 60.7 Å². The number of hydrogen-bond acceptors (Lipinski definition) is 3. The Labute approximate surface area is 201 Å². The van der Waals surface area contributed by atoms with E-state index < -0.39 is 0 Å². The van der Waals surface area contributed by atoms with E-state index in [9.17, 15) is 4.79 Å². The predicted octanol–water partition coefficient (Wildman–Crippen LogP) is 7.58. The molecule has 4 aromatic rings.